The molecule has 0 saturated heterocycles. The van der Waals surface area contributed by atoms with Crippen LogP contribution in [-0.4, -0.2) is 12.0 Å². The second-order valence-electron chi connectivity index (χ2n) is 5.77. The molecule has 1 N–H and O–H groups in total. The van der Waals surface area contributed by atoms with Crippen LogP contribution in [0.4, 0.5) is 0 Å². The molecule has 0 aromatic carbocycles. The Labute approximate surface area is 98.7 Å². The van der Waals surface area contributed by atoms with Crippen molar-refractivity contribution in [2.75, 3.05) is 0 Å². The molecule has 2 aliphatic carbocycles. The van der Waals surface area contributed by atoms with Crippen molar-refractivity contribution in [3.05, 3.63) is 0 Å². The zero-order valence-corrected chi connectivity index (χ0v) is 10.9. The van der Waals surface area contributed by atoms with Crippen molar-refractivity contribution in [2.45, 2.75) is 53.1 Å². The molecule has 0 aromatic heterocycles. The van der Waals surface area contributed by atoms with E-state index in [9.17, 15) is 0 Å². The molecule has 2 bridgehead atoms. The predicted octanol–water partition coefficient (Wildman–Crippen LogP) is 3.64. The van der Waals surface area contributed by atoms with Gasteiger partial charge in [0.25, 0.3) is 0 Å². The number of hydrogen-bond acceptors (Lipinski definition) is 2. The molecule has 0 radical (unpaired) electrons. The minimum atomic E-state index is 0. The van der Waals surface area contributed by atoms with E-state index in [2.05, 4.69) is 20.8 Å². The van der Waals surface area contributed by atoms with Crippen LogP contribution in [-0.2, 0) is 4.74 Å². The fourth-order valence-corrected chi connectivity index (χ4v) is 3.52. The molecule has 0 aliphatic heterocycles. The fourth-order valence-electron chi connectivity index (χ4n) is 3.52. The Morgan fingerprint density at radius 3 is 2.27 bits per heavy atom. The van der Waals surface area contributed by atoms with E-state index < -0.39 is 0 Å². The number of ether oxygens (including phenoxy) is 1. The average molecular weight is 232 g/mol. The molecule has 0 amide bonds. The van der Waals surface area contributed by atoms with E-state index in [1.807, 2.05) is 0 Å². The van der Waals surface area contributed by atoms with Crippen molar-refractivity contribution < 1.29 is 4.74 Å². The molecule has 2 fully saturated rings. The first-order valence-electron chi connectivity index (χ1n) is 5.60. The van der Waals surface area contributed by atoms with Gasteiger partial charge in [-0.1, -0.05) is 20.8 Å². The molecular formula is C12H22ClNO. The first-order chi connectivity index (χ1) is 6.38. The van der Waals surface area contributed by atoms with Crippen LogP contribution in [0.15, 0.2) is 0 Å². The quantitative estimate of drug-likeness (QED) is 0.543. The summed E-state index contributed by atoms with van der Waals surface area (Å²) >= 11 is 0. The van der Waals surface area contributed by atoms with Crippen molar-refractivity contribution in [3.8, 4) is 0 Å². The molecule has 3 atom stereocenters. The van der Waals surface area contributed by atoms with Crippen LogP contribution in [0.5, 0.6) is 0 Å². The van der Waals surface area contributed by atoms with Gasteiger partial charge in [0.15, 0.2) is 5.90 Å². The summed E-state index contributed by atoms with van der Waals surface area (Å²) in [6, 6.07) is 0. The third-order valence-electron chi connectivity index (χ3n) is 5.03. The molecule has 2 unspecified atom stereocenters. The Balaban J connectivity index is 0.00000112. The van der Waals surface area contributed by atoms with E-state index in [1.165, 1.54) is 12.8 Å². The molecule has 0 spiro atoms. The Hall–Kier alpha value is -0.240. The van der Waals surface area contributed by atoms with Gasteiger partial charge in [-0.2, -0.15) is 0 Å². The first kappa shape index (κ1) is 12.8. The summed E-state index contributed by atoms with van der Waals surface area (Å²) in [6.07, 6.45) is 4.05. The average Bonchev–Trinajstić information content (AvgIpc) is 2.35. The van der Waals surface area contributed by atoms with Gasteiger partial charge in [-0.25, -0.2) is 0 Å². The Bertz CT molecular complexity index is 277. The zero-order valence-electron chi connectivity index (χ0n) is 10.1. The van der Waals surface area contributed by atoms with Crippen molar-refractivity contribution in [2.24, 2.45) is 16.7 Å². The highest BCUT2D eigenvalue weighted by Gasteiger charge is 2.62. The summed E-state index contributed by atoms with van der Waals surface area (Å²) in [7, 11) is 0. The van der Waals surface area contributed by atoms with E-state index in [0.29, 0.717) is 16.7 Å². The number of fused-ring (bicyclic) bond motifs is 2. The molecule has 2 rings (SSSR count). The van der Waals surface area contributed by atoms with Gasteiger partial charge < -0.3 is 4.74 Å². The molecule has 3 heteroatoms. The molecule has 15 heavy (non-hydrogen) atoms. The largest absolute Gasteiger partial charge is 0.478 e. The summed E-state index contributed by atoms with van der Waals surface area (Å²) in [5, 5.41) is 7.43. The third-order valence-corrected chi connectivity index (χ3v) is 5.03. The summed E-state index contributed by atoms with van der Waals surface area (Å²) in [6.45, 7) is 8.82. The molecular weight excluding hydrogens is 210 g/mol. The van der Waals surface area contributed by atoms with E-state index in [4.69, 9.17) is 10.1 Å². The third kappa shape index (κ3) is 1.57. The summed E-state index contributed by atoms with van der Waals surface area (Å²) < 4.78 is 5.67. The van der Waals surface area contributed by atoms with Gasteiger partial charge in [-0.3, -0.25) is 5.41 Å². The monoisotopic (exact) mass is 231 g/mol. The predicted molar refractivity (Wildman–Crippen MR) is 64.8 cm³/mol. The smallest absolute Gasteiger partial charge is 0.177 e. The zero-order chi connectivity index (χ0) is 10.6. The highest BCUT2D eigenvalue weighted by molar-refractivity contribution is 5.85. The highest BCUT2D eigenvalue weighted by atomic mass is 35.5. The maximum absolute atomic E-state index is 7.43. The minimum absolute atomic E-state index is 0. The topological polar surface area (TPSA) is 33.1 Å². The lowest BCUT2D eigenvalue weighted by atomic mass is 9.70. The second kappa shape index (κ2) is 3.65. The maximum atomic E-state index is 7.43. The SMILES string of the molecule is CC(=N)O[C@H]1CC2CCC1(C)C2(C)C.Cl. The van der Waals surface area contributed by atoms with E-state index in [0.717, 1.165) is 12.3 Å². The van der Waals surface area contributed by atoms with E-state index >= 15 is 0 Å². The Morgan fingerprint density at radius 1 is 1.33 bits per heavy atom. The van der Waals surface area contributed by atoms with Gasteiger partial charge in [-0.05, 0) is 30.6 Å². The van der Waals surface area contributed by atoms with Crippen LogP contribution in [0.2, 0.25) is 0 Å². The standard InChI is InChI=1S/C12H21NO.ClH/c1-8(13)14-10-7-9-5-6-12(10,4)11(9,2)3;/h9-10,13H,5-7H2,1-4H3;1H/t9?,10-,12?;/m0./s1. The Kier molecular flexibility index (Phi) is 3.13. The van der Waals surface area contributed by atoms with Gasteiger partial charge >= 0.3 is 0 Å². The maximum Gasteiger partial charge on any atom is 0.177 e. The van der Waals surface area contributed by atoms with Crippen molar-refractivity contribution >= 4 is 18.3 Å². The van der Waals surface area contributed by atoms with Crippen LogP contribution in [0, 0.1) is 22.2 Å². The van der Waals surface area contributed by atoms with Crippen molar-refractivity contribution in [1.29, 1.82) is 5.41 Å². The van der Waals surface area contributed by atoms with Gasteiger partial charge in [0.2, 0.25) is 0 Å². The number of hydrogen-bond donors (Lipinski definition) is 1. The fraction of sp³-hybridized carbons (Fsp3) is 0.917. The van der Waals surface area contributed by atoms with Crippen LogP contribution in [0.1, 0.15) is 47.0 Å². The minimum Gasteiger partial charge on any atom is -0.478 e. The lowest BCUT2D eigenvalue weighted by molar-refractivity contribution is 0.0209. The first-order valence-corrected chi connectivity index (χ1v) is 5.60. The van der Waals surface area contributed by atoms with Crippen LogP contribution in [0.25, 0.3) is 0 Å². The molecule has 2 aliphatic rings. The number of nitrogens with one attached hydrogen (secondary N) is 1. The van der Waals surface area contributed by atoms with Crippen LogP contribution < -0.4 is 0 Å². The van der Waals surface area contributed by atoms with Gasteiger partial charge in [-0.15, -0.1) is 12.4 Å². The van der Waals surface area contributed by atoms with Crippen molar-refractivity contribution in [3.63, 3.8) is 0 Å². The summed E-state index contributed by atoms with van der Waals surface area (Å²) in [5.41, 5.74) is 0.688. The van der Waals surface area contributed by atoms with Gasteiger partial charge in [0.05, 0.1) is 0 Å². The Morgan fingerprint density at radius 2 is 1.93 bits per heavy atom. The molecule has 2 nitrogen and oxygen atoms in total. The summed E-state index contributed by atoms with van der Waals surface area (Å²) in [5.74, 6) is 1.18. The molecule has 88 valence electrons. The molecule has 0 heterocycles. The van der Waals surface area contributed by atoms with Crippen molar-refractivity contribution in [1.82, 2.24) is 0 Å². The van der Waals surface area contributed by atoms with Gasteiger partial charge in [0.1, 0.15) is 6.10 Å². The van der Waals surface area contributed by atoms with Gasteiger partial charge in [0, 0.05) is 12.3 Å². The highest BCUT2D eigenvalue weighted by Crippen LogP contribution is 2.66. The van der Waals surface area contributed by atoms with Crippen LogP contribution >= 0.6 is 12.4 Å². The normalized spacial score (nSPS) is 41.1. The lowest BCUT2D eigenvalue weighted by Crippen LogP contribution is -2.37. The number of halogens is 1. The van der Waals surface area contributed by atoms with Crippen LogP contribution in [0.3, 0.4) is 0 Å². The van der Waals surface area contributed by atoms with E-state index in [1.54, 1.807) is 6.92 Å². The molecule has 0 aromatic rings. The summed E-state index contributed by atoms with van der Waals surface area (Å²) in [4.78, 5) is 0. The molecule has 2 saturated carbocycles. The van der Waals surface area contributed by atoms with E-state index in [-0.39, 0.29) is 18.5 Å². The second-order valence-corrected chi connectivity index (χ2v) is 5.77. The lowest BCUT2D eigenvalue weighted by Gasteiger charge is -2.38. The number of rotatable bonds is 1.